The molecule has 0 spiro atoms. The number of nitrogens with one attached hydrogen (secondary N) is 2. The van der Waals surface area contributed by atoms with Crippen molar-refractivity contribution >= 4 is 33.9 Å². The largest absolute Gasteiger partial charge is 0.497 e. The number of hydrogen-bond acceptors (Lipinski definition) is 3. The second-order valence-corrected chi connectivity index (χ2v) is 7.99. The van der Waals surface area contributed by atoms with Gasteiger partial charge in [0.05, 0.1) is 7.11 Å². The van der Waals surface area contributed by atoms with Gasteiger partial charge in [-0.3, -0.25) is 4.98 Å². The summed E-state index contributed by atoms with van der Waals surface area (Å²) in [7, 11) is 1.68. The first-order valence-corrected chi connectivity index (χ1v) is 10.8. The molecule has 164 valence electrons. The van der Waals surface area contributed by atoms with Crippen molar-refractivity contribution < 1.29 is 9.13 Å². The third-order valence-electron chi connectivity index (χ3n) is 5.46. The van der Waals surface area contributed by atoms with E-state index >= 15 is 0 Å². The Morgan fingerprint density at radius 1 is 1.12 bits per heavy atom. The highest BCUT2D eigenvalue weighted by Crippen LogP contribution is 2.27. The molecule has 4 rings (SSSR count). The Morgan fingerprint density at radius 3 is 2.59 bits per heavy atom. The molecule has 0 bridgehead atoms. The number of H-pyrrole nitrogens is 1. The lowest BCUT2D eigenvalue weighted by Gasteiger charge is -2.26. The lowest BCUT2D eigenvalue weighted by atomic mass is 10.1. The van der Waals surface area contributed by atoms with E-state index < -0.39 is 0 Å². The molecule has 0 amide bonds. The molecule has 0 radical (unpaired) electrons. The maximum Gasteiger partial charge on any atom is 0.173 e. The number of halogens is 1. The quantitative estimate of drug-likeness (QED) is 0.368. The minimum Gasteiger partial charge on any atom is -0.497 e. The van der Waals surface area contributed by atoms with E-state index in [1.54, 1.807) is 31.6 Å². The maximum atomic E-state index is 13.3. The van der Waals surface area contributed by atoms with Crippen LogP contribution < -0.4 is 10.1 Å². The number of methoxy groups -OCH3 is 1. The molecular weight excluding hydrogens is 423 g/mol. The number of ether oxygens (including phenoxy) is 1. The number of anilines is 1. The number of fused-ring (bicyclic) bond motifs is 1. The zero-order valence-corrected chi connectivity index (χ0v) is 18.9. The molecule has 0 unspecified atom stereocenters. The Balaban J connectivity index is 1.56. The van der Waals surface area contributed by atoms with Gasteiger partial charge in [0.1, 0.15) is 11.6 Å². The third-order valence-corrected chi connectivity index (χ3v) is 5.82. The van der Waals surface area contributed by atoms with Crippen LogP contribution in [-0.2, 0) is 13.0 Å². The van der Waals surface area contributed by atoms with E-state index in [9.17, 15) is 4.39 Å². The molecular formula is C25H25FN4OS. The smallest absolute Gasteiger partial charge is 0.173 e. The van der Waals surface area contributed by atoms with Gasteiger partial charge < -0.3 is 19.9 Å². The molecule has 0 aliphatic rings. The second-order valence-electron chi connectivity index (χ2n) is 7.60. The topological polar surface area (TPSA) is 53.2 Å². The van der Waals surface area contributed by atoms with Crippen LogP contribution in [0.1, 0.15) is 16.8 Å². The number of thiocarbonyl (C=S) groups is 1. The first-order valence-electron chi connectivity index (χ1n) is 10.4. The van der Waals surface area contributed by atoms with Gasteiger partial charge in [-0.1, -0.05) is 0 Å². The van der Waals surface area contributed by atoms with Crippen LogP contribution in [0.15, 0.2) is 67.0 Å². The molecule has 7 heteroatoms. The summed E-state index contributed by atoms with van der Waals surface area (Å²) in [4.78, 5) is 9.68. The van der Waals surface area contributed by atoms with Gasteiger partial charge >= 0.3 is 0 Å². The summed E-state index contributed by atoms with van der Waals surface area (Å²) in [6.07, 6.45) is 4.36. The molecule has 32 heavy (non-hydrogen) atoms. The number of hydrogen-bond donors (Lipinski definition) is 2. The molecule has 0 aliphatic heterocycles. The number of nitrogens with zero attached hydrogens (tertiary/aromatic N) is 2. The summed E-state index contributed by atoms with van der Waals surface area (Å²) in [5.74, 6) is 0.556. The molecule has 2 N–H and O–H groups in total. The second kappa shape index (κ2) is 9.78. The fourth-order valence-electron chi connectivity index (χ4n) is 3.75. The molecule has 0 saturated carbocycles. The molecule has 2 aromatic carbocycles. The highest BCUT2D eigenvalue weighted by molar-refractivity contribution is 7.80. The number of aryl methyl sites for hydroxylation is 1. The lowest BCUT2D eigenvalue weighted by molar-refractivity contribution is 0.415. The van der Waals surface area contributed by atoms with Crippen molar-refractivity contribution in [1.82, 2.24) is 14.9 Å². The van der Waals surface area contributed by atoms with Crippen molar-refractivity contribution in [3.05, 3.63) is 89.6 Å². The van der Waals surface area contributed by atoms with Gasteiger partial charge in [-0.05, 0) is 91.3 Å². The Hall–Kier alpha value is -3.45. The Labute approximate surface area is 192 Å². The van der Waals surface area contributed by atoms with Crippen molar-refractivity contribution in [1.29, 1.82) is 0 Å². The van der Waals surface area contributed by atoms with E-state index in [-0.39, 0.29) is 5.82 Å². The van der Waals surface area contributed by atoms with Crippen LogP contribution in [0.2, 0.25) is 0 Å². The normalized spacial score (nSPS) is 10.8. The number of pyridine rings is 1. The number of benzene rings is 2. The molecule has 0 saturated heterocycles. The fraction of sp³-hybridized carbons (Fsp3) is 0.200. The number of rotatable bonds is 7. The van der Waals surface area contributed by atoms with Gasteiger partial charge in [-0.25, -0.2) is 4.39 Å². The molecule has 2 aromatic heterocycles. The first-order chi connectivity index (χ1) is 15.5. The van der Waals surface area contributed by atoms with Crippen molar-refractivity contribution in [3.8, 4) is 5.75 Å². The average Bonchev–Trinajstić information content (AvgIpc) is 3.12. The predicted octanol–water partition coefficient (Wildman–Crippen LogP) is 5.46. The third kappa shape index (κ3) is 5.06. The van der Waals surface area contributed by atoms with Crippen molar-refractivity contribution in [2.75, 3.05) is 19.0 Å². The van der Waals surface area contributed by atoms with Crippen LogP contribution in [0, 0.1) is 12.7 Å². The Kier molecular flexibility index (Phi) is 6.66. The number of aromatic nitrogens is 2. The molecule has 2 heterocycles. The highest BCUT2D eigenvalue weighted by Gasteiger charge is 2.15. The van der Waals surface area contributed by atoms with Gasteiger partial charge in [0.2, 0.25) is 0 Å². The van der Waals surface area contributed by atoms with Crippen LogP contribution in [0.5, 0.6) is 5.75 Å². The molecule has 4 aromatic rings. The van der Waals surface area contributed by atoms with Crippen LogP contribution in [0.25, 0.3) is 10.9 Å². The van der Waals surface area contributed by atoms with E-state index in [4.69, 9.17) is 17.0 Å². The summed E-state index contributed by atoms with van der Waals surface area (Å²) < 4.78 is 18.7. The minimum absolute atomic E-state index is 0.277. The van der Waals surface area contributed by atoms with Crippen molar-refractivity contribution in [3.63, 3.8) is 0 Å². The zero-order valence-electron chi connectivity index (χ0n) is 18.1. The minimum atomic E-state index is -0.277. The zero-order chi connectivity index (χ0) is 22.5. The summed E-state index contributed by atoms with van der Waals surface area (Å²) in [5.41, 5.74) is 5.33. The standard InChI is InChI=1S/C25H25FN4OS/c1-17-22(23-15-21(31-2)7-8-24(23)28-17)11-14-30(16-18-9-12-27-13-10-18)25(32)29-20-5-3-19(26)4-6-20/h3-10,12-13,15,28H,11,14,16H2,1-2H3,(H,29,32). The van der Waals surface area contributed by atoms with E-state index in [1.807, 2.05) is 24.3 Å². The van der Waals surface area contributed by atoms with Gasteiger partial charge in [-0.2, -0.15) is 0 Å². The highest BCUT2D eigenvalue weighted by atomic mass is 32.1. The van der Waals surface area contributed by atoms with E-state index in [0.717, 1.165) is 40.0 Å². The maximum absolute atomic E-state index is 13.3. The Bertz CT molecular complexity index is 1210. The summed E-state index contributed by atoms with van der Waals surface area (Å²) >= 11 is 5.73. The van der Waals surface area contributed by atoms with Gasteiger partial charge in [-0.15, -0.1) is 0 Å². The molecule has 0 fully saturated rings. The monoisotopic (exact) mass is 448 g/mol. The fourth-order valence-corrected chi connectivity index (χ4v) is 4.03. The summed E-state index contributed by atoms with van der Waals surface area (Å²) in [6, 6.07) is 16.2. The SMILES string of the molecule is COc1ccc2[nH]c(C)c(CCN(Cc3ccncc3)C(=S)Nc3ccc(F)cc3)c2c1. The van der Waals surface area contributed by atoms with Crippen LogP contribution in [0.3, 0.4) is 0 Å². The molecule has 5 nitrogen and oxygen atoms in total. The van der Waals surface area contributed by atoms with Gasteiger partial charge in [0.25, 0.3) is 0 Å². The van der Waals surface area contributed by atoms with E-state index in [0.29, 0.717) is 18.2 Å². The number of aromatic amines is 1. The predicted molar refractivity (Wildman–Crippen MR) is 131 cm³/mol. The van der Waals surface area contributed by atoms with Crippen LogP contribution in [-0.4, -0.2) is 33.6 Å². The van der Waals surface area contributed by atoms with Gasteiger partial charge in [0.15, 0.2) is 5.11 Å². The Morgan fingerprint density at radius 2 is 1.88 bits per heavy atom. The van der Waals surface area contributed by atoms with Crippen molar-refractivity contribution in [2.45, 2.75) is 19.9 Å². The van der Waals surface area contributed by atoms with E-state index in [1.165, 1.54) is 17.7 Å². The van der Waals surface area contributed by atoms with Crippen molar-refractivity contribution in [2.24, 2.45) is 0 Å². The molecule has 0 aliphatic carbocycles. The van der Waals surface area contributed by atoms with Gasteiger partial charge in [0, 0.05) is 47.8 Å². The summed E-state index contributed by atoms with van der Waals surface area (Å²) in [5, 5.41) is 4.98. The molecule has 0 atom stereocenters. The van der Waals surface area contributed by atoms with Crippen LogP contribution in [0.4, 0.5) is 10.1 Å². The average molecular weight is 449 g/mol. The first kappa shape index (κ1) is 21.8. The van der Waals surface area contributed by atoms with E-state index in [2.05, 4.69) is 33.2 Å². The summed E-state index contributed by atoms with van der Waals surface area (Å²) in [6.45, 7) is 3.44. The van der Waals surface area contributed by atoms with Crippen LogP contribution >= 0.6 is 12.2 Å². The lowest BCUT2D eigenvalue weighted by Crippen LogP contribution is -2.36.